The molecule has 2 atom stereocenters. The average molecular weight is 433 g/mol. The van der Waals surface area contributed by atoms with E-state index in [0.29, 0.717) is 12.0 Å². The minimum absolute atomic E-state index is 0.0144. The predicted octanol–water partition coefficient (Wildman–Crippen LogP) is 2.37. The molecule has 1 aliphatic heterocycles. The van der Waals surface area contributed by atoms with Gasteiger partial charge in [0.2, 0.25) is 15.0 Å². The van der Waals surface area contributed by atoms with Crippen molar-refractivity contribution in [3.05, 3.63) is 53.3 Å². The monoisotopic (exact) mass is 433 g/mol. The lowest BCUT2D eigenvalue weighted by molar-refractivity contribution is -0.148. The lowest BCUT2D eigenvalue weighted by Crippen LogP contribution is -2.46. The fraction of sp³-hybridized carbons (Fsp3) is 0.400. The van der Waals surface area contributed by atoms with E-state index in [4.69, 9.17) is 9.47 Å². The molecule has 1 aromatic heterocycles. The fourth-order valence-electron chi connectivity index (χ4n) is 3.50. The van der Waals surface area contributed by atoms with E-state index in [1.807, 2.05) is 37.3 Å². The van der Waals surface area contributed by atoms with Crippen molar-refractivity contribution < 1.29 is 27.5 Å². The zero-order valence-electron chi connectivity index (χ0n) is 17.2. The molecule has 30 heavy (non-hydrogen) atoms. The normalized spacial score (nSPS) is 20.5. The van der Waals surface area contributed by atoms with Gasteiger partial charge in [0.1, 0.15) is 6.61 Å². The van der Waals surface area contributed by atoms with Crippen LogP contribution in [-0.4, -0.2) is 48.7 Å². The second-order valence-electron chi connectivity index (χ2n) is 7.19. The van der Waals surface area contributed by atoms with Crippen LogP contribution in [0.5, 0.6) is 0 Å². The third-order valence-electron chi connectivity index (χ3n) is 5.27. The van der Waals surface area contributed by atoms with E-state index >= 15 is 0 Å². The molecule has 2 unspecified atom stereocenters. The molecule has 0 aliphatic carbocycles. The van der Waals surface area contributed by atoms with Crippen LogP contribution in [0.4, 0.5) is 4.79 Å². The Morgan fingerprint density at radius 1 is 1.23 bits per heavy atom. The summed E-state index contributed by atoms with van der Waals surface area (Å²) in [6.45, 7) is 3.61. The van der Waals surface area contributed by atoms with E-state index < -0.39 is 38.6 Å². The molecule has 1 amide bonds. The quantitative estimate of drug-likeness (QED) is 0.521. The van der Waals surface area contributed by atoms with Crippen molar-refractivity contribution in [2.45, 2.75) is 43.6 Å². The number of nitrogens with zero attached hydrogens (tertiary/aromatic N) is 3. The highest BCUT2D eigenvalue weighted by molar-refractivity contribution is 7.90. The number of carbonyl (C=O) groups is 2. The fourth-order valence-corrected chi connectivity index (χ4v) is 4.01. The van der Waals surface area contributed by atoms with Gasteiger partial charge in [0.05, 0.1) is 18.3 Å². The van der Waals surface area contributed by atoms with Gasteiger partial charge in [-0.2, -0.15) is 0 Å². The van der Waals surface area contributed by atoms with Gasteiger partial charge >= 0.3 is 12.1 Å². The minimum Gasteiger partial charge on any atom is -0.467 e. The van der Waals surface area contributed by atoms with Gasteiger partial charge in [-0.15, -0.1) is 0 Å². The average Bonchev–Trinajstić information content (AvgIpc) is 3.00. The van der Waals surface area contributed by atoms with Crippen LogP contribution in [0, 0.1) is 0 Å². The summed E-state index contributed by atoms with van der Waals surface area (Å²) in [5.74, 6) is -0.747. The number of amides is 1. The molecule has 0 radical (unpaired) electrons. The number of esters is 1. The summed E-state index contributed by atoms with van der Waals surface area (Å²) in [5, 5.41) is -0.423. The van der Waals surface area contributed by atoms with Crippen LogP contribution in [-0.2, 0) is 36.3 Å². The maximum atomic E-state index is 13.1. The van der Waals surface area contributed by atoms with Gasteiger partial charge in [-0.3, -0.25) is 4.90 Å². The van der Waals surface area contributed by atoms with Crippen LogP contribution in [0.3, 0.4) is 0 Å². The summed E-state index contributed by atoms with van der Waals surface area (Å²) in [4.78, 5) is 35.1. The molecule has 160 valence electrons. The number of sulfone groups is 1. The molecule has 2 aromatic rings. The van der Waals surface area contributed by atoms with Gasteiger partial charge in [-0.05, 0) is 18.9 Å². The Bertz CT molecular complexity index is 1070. The van der Waals surface area contributed by atoms with Crippen molar-refractivity contribution in [3.8, 4) is 0 Å². The van der Waals surface area contributed by atoms with E-state index in [1.165, 1.54) is 18.2 Å². The molecule has 10 heteroatoms. The topological polar surface area (TPSA) is 116 Å². The molecule has 1 aliphatic rings. The molecule has 0 saturated heterocycles. The van der Waals surface area contributed by atoms with E-state index in [1.54, 1.807) is 6.92 Å². The maximum Gasteiger partial charge on any atom is 0.411 e. The molecule has 0 N–H and O–H groups in total. The Kier molecular flexibility index (Phi) is 5.80. The number of hydrogen-bond donors (Lipinski definition) is 0. The molecule has 3 rings (SSSR count). The van der Waals surface area contributed by atoms with Crippen LogP contribution < -0.4 is 0 Å². The number of aromatic nitrogens is 2. The van der Waals surface area contributed by atoms with E-state index in [9.17, 15) is 18.0 Å². The molecule has 0 fully saturated rings. The largest absolute Gasteiger partial charge is 0.467 e. The first kappa shape index (κ1) is 21.7. The Labute approximate surface area is 175 Å². The Balaban J connectivity index is 2.05. The van der Waals surface area contributed by atoms with Crippen molar-refractivity contribution in [1.82, 2.24) is 14.9 Å². The predicted molar refractivity (Wildman–Crippen MR) is 106 cm³/mol. The van der Waals surface area contributed by atoms with Crippen molar-refractivity contribution in [1.29, 1.82) is 0 Å². The second-order valence-corrected chi connectivity index (χ2v) is 9.10. The molecule has 0 spiro atoms. The molecule has 0 saturated carbocycles. The number of hydrogen-bond acceptors (Lipinski definition) is 8. The number of benzene rings is 1. The minimum atomic E-state index is -3.72. The van der Waals surface area contributed by atoms with Gasteiger partial charge in [-0.25, -0.2) is 28.0 Å². The number of methoxy groups -OCH3 is 1. The van der Waals surface area contributed by atoms with Crippen molar-refractivity contribution >= 4 is 21.9 Å². The van der Waals surface area contributed by atoms with E-state index in [-0.39, 0.29) is 12.3 Å². The molecular weight excluding hydrogens is 410 g/mol. The lowest BCUT2D eigenvalue weighted by Gasteiger charge is -2.36. The van der Waals surface area contributed by atoms with Crippen LogP contribution in [0.2, 0.25) is 0 Å². The van der Waals surface area contributed by atoms with Crippen molar-refractivity contribution in [2.75, 3.05) is 13.4 Å². The Morgan fingerprint density at radius 2 is 1.90 bits per heavy atom. The number of fused-ring (bicyclic) bond motifs is 1. The first-order valence-corrected chi connectivity index (χ1v) is 11.2. The number of rotatable bonds is 5. The Hall–Kier alpha value is -3.01. The zero-order chi connectivity index (χ0) is 22.1. The highest BCUT2D eigenvalue weighted by Gasteiger charge is 2.54. The summed E-state index contributed by atoms with van der Waals surface area (Å²) in [7, 11) is -2.53. The van der Waals surface area contributed by atoms with Crippen LogP contribution in [0.25, 0.3) is 0 Å². The number of carbonyl (C=O) groups excluding carboxylic acids is 2. The second kappa shape index (κ2) is 8.02. The van der Waals surface area contributed by atoms with Crippen LogP contribution in [0.15, 0.2) is 41.7 Å². The van der Waals surface area contributed by atoms with E-state index in [2.05, 4.69) is 9.97 Å². The molecule has 1 aromatic carbocycles. The van der Waals surface area contributed by atoms with Gasteiger partial charge in [-0.1, -0.05) is 37.3 Å². The maximum absolute atomic E-state index is 13.1. The summed E-state index contributed by atoms with van der Waals surface area (Å²) < 4.78 is 34.3. The van der Waals surface area contributed by atoms with Gasteiger partial charge in [0.15, 0.2) is 6.04 Å². The summed E-state index contributed by atoms with van der Waals surface area (Å²) >= 11 is 0. The first-order valence-electron chi connectivity index (χ1n) is 9.28. The van der Waals surface area contributed by atoms with Gasteiger partial charge in [0, 0.05) is 18.0 Å². The van der Waals surface area contributed by atoms with Gasteiger partial charge in [0.25, 0.3) is 0 Å². The highest BCUT2D eigenvalue weighted by Crippen LogP contribution is 2.48. The smallest absolute Gasteiger partial charge is 0.411 e. The Morgan fingerprint density at radius 3 is 2.47 bits per heavy atom. The highest BCUT2D eigenvalue weighted by atomic mass is 32.2. The lowest BCUT2D eigenvalue weighted by atomic mass is 9.92. The molecule has 2 heterocycles. The summed E-state index contributed by atoms with van der Waals surface area (Å²) in [5.41, 5.74) is 0.398. The number of ether oxygens (including phenoxy) is 2. The summed E-state index contributed by atoms with van der Waals surface area (Å²) in [6.07, 6.45) is 2.00. The van der Waals surface area contributed by atoms with Crippen molar-refractivity contribution in [3.63, 3.8) is 0 Å². The van der Waals surface area contributed by atoms with Gasteiger partial charge < -0.3 is 9.47 Å². The molecule has 0 bridgehead atoms. The first-order chi connectivity index (χ1) is 14.1. The molecular formula is C20H23N3O6S. The zero-order valence-corrected chi connectivity index (χ0v) is 18.0. The molecule has 9 nitrogen and oxygen atoms in total. The SMILES string of the molecule is CCC1(C)c2cnc(S(C)(=O)=O)nc2C(C(=O)OC)N1C(=O)OCc1ccccc1. The van der Waals surface area contributed by atoms with Crippen LogP contribution in [0.1, 0.15) is 43.1 Å². The third-order valence-corrected chi connectivity index (χ3v) is 6.13. The standard InChI is InChI=1S/C20H23N3O6S/c1-5-20(2)14-11-21-18(30(4,26)27)22-15(14)16(17(24)28-3)23(20)19(25)29-12-13-9-7-6-8-10-13/h6-11,16H,5,12H2,1-4H3. The summed E-state index contributed by atoms with van der Waals surface area (Å²) in [6, 6.07) is 7.87. The van der Waals surface area contributed by atoms with Crippen molar-refractivity contribution in [2.24, 2.45) is 0 Å². The van der Waals surface area contributed by atoms with E-state index in [0.717, 1.165) is 11.8 Å². The third kappa shape index (κ3) is 3.74. The van der Waals surface area contributed by atoms with Crippen LogP contribution >= 0.6 is 0 Å².